The first-order chi connectivity index (χ1) is 13.2. The van der Waals surface area contributed by atoms with Crippen LogP contribution in [0.5, 0.6) is 0 Å². The van der Waals surface area contributed by atoms with Crippen LogP contribution in [0.1, 0.15) is 32.0 Å². The molecule has 136 valence electrons. The summed E-state index contributed by atoms with van der Waals surface area (Å²) >= 11 is 0. The summed E-state index contributed by atoms with van der Waals surface area (Å²) in [6, 6.07) is 12.0. The molecule has 1 saturated carbocycles. The van der Waals surface area contributed by atoms with Gasteiger partial charge in [0.05, 0.1) is 28.4 Å². The van der Waals surface area contributed by atoms with Crippen LogP contribution in [-0.4, -0.2) is 24.9 Å². The Morgan fingerprint density at radius 2 is 2.00 bits per heavy atom. The zero-order chi connectivity index (χ0) is 18.4. The molecule has 3 aromatic heterocycles. The summed E-state index contributed by atoms with van der Waals surface area (Å²) in [5, 5.41) is 9.52. The Labute approximate surface area is 156 Å². The second kappa shape index (κ2) is 5.99. The Morgan fingerprint density at radius 1 is 1.19 bits per heavy atom. The van der Waals surface area contributed by atoms with Crippen molar-refractivity contribution >= 4 is 11.0 Å². The third kappa shape index (κ3) is 2.54. The lowest BCUT2D eigenvalue weighted by molar-refractivity contribution is 0.229. The van der Waals surface area contributed by atoms with E-state index in [2.05, 4.69) is 15.2 Å². The van der Waals surface area contributed by atoms with Crippen molar-refractivity contribution < 1.29 is 4.52 Å². The molecule has 1 aliphatic rings. The van der Waals surface area contributed by atoms with Gasteiger partial charge in [0.15, 0.2) is 11.5 Å². The van der Waals surface area contributed by atoms with Crippen LogP contribution >= 0.6 is 0 Å². The van der Waals surface area contributed by atoms with E-state index in [0.717, 1.165) is 53.7 Å². The molecule has 0 amide bonds. The van der Waals surface area contributed by atoms with Crippen molar-refractivity contribution in [2.24, 2.45) is 5.73 Å². The van der Waals surface area contributed by atoms with Crippen molar-refractivity contribution in [2.45, 2.75) is 38.3 Å². The normalized spacial score (nSPS) is 15.8. The Hall–Kier alpha value is -3.06. The maximum Gasteiger partial charge on any atom is 0.258 e. The van der Waals surface area contributed by atoms with E-state index in [1.165, 1.54) is 0 Å². The fourth-order valence-corrected chi connectivity index (χ4v) is 3.53. The third-order valence-corrected chi connectivity index (χ3v) is 5.33. The van der Waals surface area contributed by atoms with Gasteiger partial charge in [-0.25, -0.2) is 9.67 Å². The predicted molar refractivity (Wildman–Crippen MR) is 102 cm³/mol. The van der Waals surface area contributed by atoms with Crippen LogP contribution in [0.4, 0.5) is 0 Å². The first-order valence-corrected chi connectivity index (χ1v) is 9.23. The van der Waals surface area contributed by atoms with Gasteiger partial charge in [-0.05, 0) is 32.3 Å². The highest BCUT2D eigenvalue weighted by Gasteiger charge is 2.39. The van der Waals surface area contributed by atoms with Crippen molar-refractivity contribution in [3.05, 3.63) is 48.4 Å². The van der Waals surface area contributed by atoms with Gasteiger partial charge in [0, 0.05) is 12.1 Å². The third-order valence-electron chi connectivity index (χ3n) is 5.33. The first kappa shape index (κ1) is 16.1. The second-order valence-electron chi connectivity index (χ2n) is 7.05. The smallest absolute Gasteiger partial charge is 0.258 e. The molecule has 1 fully saturated rings. The molecule has 0 radical (unpaired) electrons. The summed E-state index contributed by atoms with van der Waals surface area (Å²) in [5.74, 6) is 1.04. The number of hydrogen-bond acceptors (Lipinski definition) is 6. The number of nitrogens with two attached hydrogens (primary N) is 1. The zero-order valence-electron chi connectivity index (χ0n) is 15.1. The van der Waals surface area contributed by atoms with Gasteiger partial charge in [0.2, 0.25) is 0 Å². The largest absolute Gasteiger partial charge is 0.334 e. The highest BCUT2D eigenvalue weighted by molar-refractivity contribution is 5.92. The van der Waals surface area contributed by atoms with E-state index in [-0.39, 0.29) is 0 Å². The van der Waals surface area contributed by atoms with E-state index in [4.69, 9.17) is 15.2 Å². The summed E-state index contributed by atoms with van der Waals surface area (Å²) in [4.78, 5) is 9.46. The van der Waals surface area contributed by atoms with Gasteiger partial charge in [-0.3, -0.25) is 0 Å². The number of nitrogens with zero attached hydrogens (tertiary/aromatic N) is 5. The van der Waals surface area contributed by atoms with Crippen LogP contribution in [0.3, 0.4) is 0 Å². The van der Waals surface area contributed by atoms with Crippen LogP contribution in [-0.2, 0) is 12.1 Å². The number of aryl methyl sites for hydroxylation is 1. The lowest BCUT2D eigenvalue weighted by Crippen LogP contribution is -2.44. The van der Waals surface area contributed by atoms with Gasteiger partial charge < -0.3 is 10.3 Å². The van der Waals surface area contributed by atoms with Crippen molar-refractivity contribution in [3.8, 4) is 22.7 Å². The maximum absolute atomic E-state index is 6.36. The Bertz CT molecular complexity index is 1110. The van der Waals surface area contributed by atoms with E-state index in [1.54, 1.807) is 6.20 Å². The molecule has 0 saturated heterocycles. The molecule has 1 aromatic carbocycles. The quantitative estimate of drug-likeness (QED) is 0.598. The van der Waals surface area contributed by atoms with Crippen LogP contribution in [0, 0.1) is 0 Å². The van der Waals surface area contributed by atoms with Crippen LogP contribution in [0.2, 0.25) is 0 Å². The molecule has 27 heavy (non-hydrogen) atoms. The summed E-state index contributed by atoms with van der Waals surface area (Å²) in [7, 11) is 0. The fraction of sp³-hybridized carbons (Fsp3) is 0.300. The number of pyridine rings is 1. The van der Waals surface area contributed by atoms with E-state index in [0.29, 0.717) is 11.7 Å². The lowest BCUT2D eigenvalue weighted by Gasteiger charge is -2.34. The zero-order valence-corrected chi connectivity index (χ0v) is 15.1. The minimum Gasteiger partial charge on any atom is -0.334 e. The molecule has 0 bridgehead atoms. The molecular formula is C20H20N6O. The molecule has 7 nitrogen and oxygen atoms in total. The Kier molecular flexibility index (Phi) is 3.58. The molecule has 2 N–H and O–H groups in total. The van der Waals surface area contributed by atoms with E-state index < -0.39 is 5.54 Å². The van der Waals surface area contributed by atoms with Gasteiger partial charge in [-0.1, -0.05) is 35.5 Å². The number of rotatable bonds is 4. The SMILES string of the molecule is CCn1ncc2c(-c3nc(C4(N)CCC4)no3)cc(-c3ccccc3)nc21. The molecule has 5 rings (SSSR count). The number of fused-ring (bicyclic) bond motifs is 1. The average molecular weight is 360 g/mol. The lowest BCUT2D eigenvalue weighted by atomic mass is 9.77. The average Bonchev–Trinajstić information content (AvgIpc) is 3.33. The monoisotopic (exact) mass is 360 g/mol. The van der Waals surface area contributed by atoms with Gasteiger partial charge in [0.25, 0.3) is 5.89 Å². The molecule has 0 aliphatic heterocycles. The molecule has 7 heteroatoms. The summed E-state index contributed by atoms with van der Waals surface area (Å²) in [6.45, 7) is 2.78. The second-order valence-corrected chi connectivity index (χ2v) is 7.05. The molecule has 0 atom stereocenters. The number of aromatic nitrogens is 5. The first-order valence-electron chi connectivity index (χ1n) is 9.23. The van der Waals surface area contributed by atoms with E-state index in [1.807, 2.05) is 48.0 Å². The molecule has 0 unspecified atom stereocenters. The molecule has 4 aromatic rings. The minimum atomic E-state index is -0.455. The van der Waals surface area contributed by atoms with Gasteiger partial charge in [-0.2, -0.15) is 10.1 Å². The highest BCUT2D eigenvalue weighted by Crippen LogP contribution is 2.38. The number of hydrogen-bond donors (Lipinski definition) is 1. The fourth-order valence-electron chi connectivity index (χ4n) is 3.53. The topological polar surface area (TPSA) is 95.7 Å². The van der Waals surface area contributed by atoms with Gasteiger partial charge in [-0.15, -0.1) is 0 Å². The molecule has 3 heterocycles. The Morgan fingerprint density at radius 3 is 2.70 bits per heavy atom. The van der Waals surface area contributed by atoms with Crippen molar-refractivity contribution in [2.75, 3.05) is 0 Å². The predicted octanol–water partition coefficient (Wildman–Crippen LogP) is 3.51. The van der Waals surface area contributed by atoms with Gasteiger partial charge in [0.1, 0.15) is 0 Å². The highest BCUT2D eigenvalue weighted by atomic mass is 16.5. The van der Waals surface area contributed by atoms with E-state index >= 15 is 0 Å². The standard InChI is InChI=1S/C20H20N6O/c1-2-26-17-15(12-22-26)14(11-16(23-17)13-7-4-3-5-8-13)18-24-19(25-27-18)20(21)9-6-10-20/h3-5,7-8,11-12H,2,6,9-10,21H2,1H3. The van der Waals surface area contributed by atoms with Gasteiger partial charge >= 0.3 is 0 Å². The molecular weight excluding hydrogens is 340 g/mol. The summed E-state index contributed by atoms with van der Waals surface area (Å²) in [6.07, 6.45) is 4.68. The minimum absolute atomic E-state index is 0.455. The van der Waals surface area contributed by atoms with E-state index in [9.17, 15) is 0 Å². The van der Waals surface area contributed by atoms with Crippen LogP contribution in [0.15, 0.2) is 47.1 Å². The van der Waals surface area contributed by atoms with Crippen molar-refractivity contribution in [3.63, 3.8) is 0 Å². The summed E-state index contributed by atoms with van der Waals surface area (Å²) in [5.41, 5.74) is 9.42. The molecule has 0 spiro atoms. The van der Waals surface area contributed by atoms with Crippen LogP contribution in [0.25, 0.3) is 33.7 Å². The Balaban J connectivity index is 1.70. The summed E-state index contributed by atoms with van der Waals surface area (Å²) < 4.78 is 7.48. The maximum atomic E-state index is 6.36. The molecule has 1 aliphatic carbocycles. The van der Waals surface area contributed by atoms with Crippen molar-refractivity contribution in [1.29, 1.82) is 0 Å². The van der Waals surface area contributed by atoms with Crippen molar-refractivity contribution in [1.82, 2.24) is 24.9 Å². The number of benzene rings is 1. The van der Waals surface area contributed by atoms with Crippen LogP contribution < -0.4 is 5.73 Å².